The van der Waals surface area contributed by atoms with Crippen molar-refractivity contribution >= 4 is 34.7 Å². The Bertz CT molecular complexity index is 1340. The molecule has 3 N–H and O–H groups in total. The predicted octanol–water partition coefficient (Wildman–Crippen LogP) is 4.71. The molecule has 0 aliphatic carbocycles. The first-order valence-electron chi connectivity index (χ1n) is 13.5. The third kappa shape index (κ3) is 6.45. The standard InChI is InChI=1S/C30H34FN5O4/c1-39-28-11-5-4-10-27(28)36-16-14-35(15-17-36)26-13-12-21(33-30(38)34-25-9-3-2-8-24(25)31)19-23(26)29(37)32-20-22-7-6-18-40-22/h2-5,8-13,19,22H,6-7,14-18,20H2,1H3,(H,32,37)(H2,33,34,38). The molecular weight excluding hydrogens is 513 g/mol. The molecule has 0 radical (unpaired) electrons. The summed E-state index contributed by atoms with van der Waals surface area (Å²) in [6.45, 7) is 4.03. The minimum Gasteiger partial charge on any atom is -0.495 e. The largest absolute Gasteiger partial charge is 0.495 e. The Morgan fingerprint density at radius 1 is 0.950 bits per heavy atom. The lowest BCUT2D eigenvalue weighted by molar-refractivity contribution is 0.0858. The number of halogens is 1. The van der Waals surface area contributed by atoms with E-state index in [4.69, 9.17) is 9.47 Å². The average Bonchev–Trinajstić information content (AvgIpc) is 3.51. The quantitative estimate of drug-likeness (QED) is 0.378. The molecule has 210 valence electrons. The van der Waals surface area contributed by atoms with Gasteiger partial charge in [-0.05, 0) is 55.3 Å². The van der Waals surface area contributed by atoms with Gasteiger partial charge in [-0.1, -0.05) is 24.3 Å². The Kier molecular flexibility index (Phi) is 8.65. The maximum absolute atomic E-state index is 14.0. The third-order valence-electron chi connectivity index (χ3n) is 7.18. The zero-order valence-corrected chi connectivity index (χ0v) is 22.5. The maximum atomic E-state index is 14.0. The Hall–Kier alpha value is -4.31. The van der Waals surface area contributed by atoms with Crippen LogP contribution in [0.25, 0.3) is 0 Å². The van der Waals surface area contributed by atoms with Crippen molar-refractivity contribution in [1.29, 1.82) is 0 Å². The van der Waals surface area contributed by atoms with Crippen molar-refractivity contribution in [1.82, 2.24) is 5.32 Å². The zero-order valence-electron chi connectivity index (χ0n) is 22.5. The van der Waals surface area contributed by atoms with Crippen LogP contribution >= 0.6 is 0 Å². The van der Waals surface area contributed by atoms with E-state index in [1.54, 1.807) is 31.4 Å². The first kappa shape index (κ1) is 27.3. The predicted molar refractivity (Wildman–Crippen MR) is 154 cm³/mol. The number of ether oxygens (including phenoxy) is 2. The number of rotatable bonds is 8. The highest BCUT2D eigenvalue weighted by Gasteiger charge is 2.25. The minimum atomic E-state index is -0.603. The van der Waals surface area contributed by atoms with Crippen LogP contribution in [0.2, 0.25) is 0 Å². The smallest absolute Gasteiger partial charge is 0.323 e. The van der Waals surface area contributed by atoms with Crippen LogP contribution in [0.4, 0.5) is 31.9 Å². The first-order chi connectivity index (χ1) is 19.5. The van der Waals surface area contributed by atoms with Gasteiger partial charge in [0, 0.05) is 50.7 Å². The van der Waals surface area contributed by atoms with Crippen LogP contribution in [-0.2, 0) is 4.74 Å². The number of benzene rings is 3. The third-order valence-corrected chi connectivity index (χ3v) is 7.18. The Labute approximate surface area is 233 Å². The Balaban J connectivity index is 1.32. The SMILES string of the molecule is COc1ccccc1N1CCN(c2ccc(NC(=O)Nc3ccccc3F)cc2C(=O)NCC2CCCO2)CC1. The van der Waals surface area contributed by atoms with Crippen LogP contribution in [0.15, 0.2) is 66.7 Å². The monoisotopic (exact) mass is 547 g/mol. The second-order valence-corrected chi connectivity index (χ2v) is 9.78. The lowest BCUT2D eigenvalue weighted by atomic mass is 10.1. The fraction of sp³-hybridized carbons (Fsp3) is 0.333. The normalized spacial score (nSPS) is 16.9. The van der Waals surface area contributed by atoms with Crippen LogP contribution in [0.1, 0.15) is 23.2 Å². The summed E-state index contributed by atoms with van der Waals surface area (Å²) in [5.41, 5.74) is 2.77. The lowest BCUT2D eigenvalue weighted by Gasteiger charge is -2.38. The molecule has 2 fully saturated rings. The van der Waals surface area contributed by atoms with Crippen LogP contribution < -0.4 is 30.5 Å². The number of urea groups is 1. The van der Waals surface area contributed by atoms with Gasteiger partial charge in [-0.15, -0.1) is 0 Å². The summed E-state index contributed by atoms with van der Waals surface area (Å²) in [6, 6.07) is 18.5. The highest BCUT2D eigenvalue weighted by atomic mass is 19.1. The number of carbonyl (C=O) groups excluding carboxylic acids is 2. The van der Waals surface area contributed by atoms with Gasteiger partial charge in [0.1, 0.15) is 11.6 Å². The number of hydrogen-bond acceptors (Lipinski definition) is 6. The van der Waals surface area contributed by atoms with Crippen molar-refractivity contribution in [2.75, 3.05) is 66.9 Å². The molecule has 5 rings (SSSR count). The number of amides is 3. The van der Waals surface area contributed by atoms with Crippen LogP contribution in [-0.4, -0.2) is 64.5 Å². The van der Waals surface area contributed by atoms with Gasteiger partial charge in [-0.2, -0.15) is 0 Å². The maximum Gasteiger partial charge on any atom is 0.323 e. The van der Waals surface area contributed by atoms with Crippen molar-refractivity contribution < 1.29 is 23.5 Å². The van der Waals surface area contributed by atoms with Gasteiger partial charge in [0.15, 0.2) is 0 Å². The topological polar surface area (TPSA) is 95.2 Å². The van der Waals surface area contributed by atoms with E-state index in [2.05, 4.69) is 25.8 Å². The van der Waals surface area contributed by atoms with Crippen molar-refractivity contribution in [3.05, 3.63) is 78.1 Å². The number of anilines is 4. The second kappa shape index (κ2) is 12.7. The molecule has 0 spiro atoms. The number of methoxy groups -OCH3 is 1. The van der Waals surface area contributed by atoms with Gasteiger partial charge >= 0.3 is 6.03 Å². The van der Waals surface area contributed by atoms with Gasteiger partial charge in [-0.25, -0.2) is 9.18 Å². The lowest BCUT2D eigenvalue weighted by Crippen LogP contribution is -2.47. The molecule has 9 nitrogen and oxygen atoms in total. The van der Waals surface area contributed by atoms with Crippen LogP contribution in [0.3, 0.4) is 0 Å². The molecule has 10 heteroatoms. The summed E-state index contributed by atoms with van der Waals surface area (Å²) in [5, 5.41) is 8.23. The molecule has 0 aromatic heterocycles. The van der Waals surface area contributed by atoms with E-state index in [1.807, 2.05) is 30.3 Å². The van der Waals surface area contributed by atoms with E-state index in [0.717, 1.165) is 43.1 Å². The number of para-hydroxylation sites is 3. The van der Waals surface area contributed by atoms with Gasteiger partial charge in [0.05, 0.1) is 30.2 Å². The van der Waals surface area contributed by atoms with Crippen molar-refractivity contribution in [3.63, 3.8) is 0 Å². The van der Waals surface area contributed by atoms with Gasteiger partial charge in [0.2, 0.25) is 0 Å². The summed E-state index contributed by atoms with van der Waals surface area (Å²) < 4.78 is 25.2. The molecule has 0 bridgehead atoms. The number of hydrogen-bond donors (Lipinski definition) is 3. The van der Waals surface area contributed by atoms with E-state index in [-0.39, 0.29) is 17.7 Å². The molecule has 1 unspecified atom stereocenters. The van der Waals surface area contributed by atoms with E-state index in [1.165, 1.54) is 12.1 Å². The van der Waals surface area contributed by atoms with Gasteiger partial charge in [0.25, 0.3) is 5.91 Å². The number of piperazine rings is 1. The molecule has 2 saturated heterocycles. The van der Waals surface area contributed by atoms with Gasteiger partial charge in [-0.3, -0.25) is 4.79 Å². The number of nitrogens with one attached hydrogen (secondary N) is 3. The van der Waals surface area contributed by atoms with E-state index in [0.29, 0.717) is 37.5 Å². The zero-order chi connectivity index (χ0) is 27.9. The first-order valence-corrected chi connectivity index (χ1v) is 13.5. The van der Waals surface area contributed by atoms with Crippen LogP contribution in [0, 0.1) is 5.82 Å². The molecule has 3 amide bonds. The van der Waals surface area contributed by atoms with Gasteiger partial charge < -0.3 is 35.2 Å². The van der Waals surface area contributed by atoms with Crippen molar-refractivity contribution in [3.8, 4) is 5.75 Å². The number of carbonyl (C=O) groups is 2. The second-order valence-electron chi connectivity index (χ2n) is 9.78. The molecule has 2 aliphatic heterocycles. The fourth-order valence-electron chi connectivity index (χ4n) is 5.11. The summed E-state index contributed by atoms with van der Waals surface area (Å²) in [4.78, 5) is 30.5. The van der Waals surface area contributed by atoms with E-state index >= 15 is 0 Å². The van der Waals surface area contributed by atoms with Crippen molar-refractivity contribution in [2.24, 2.45) is 0 Å². The van der Waals surface area contributed by atoms with Crippen LogP contribution in [0.5, 0.6) is 5.75 Å². The highest BCUT2D eigenvalue weighted by Crippen LogP contribution is 2.31. The highest BCUT2D eigenvalue weighted by molar-refractivity contribution is 6.04. The molecule has 0 saturated carbocycles. The Morgan fingerprint density at radius 3 is 2.40 bits per heavy atom. The molecule has 3 aromatic rings. The van der Waals surface area contributed by atoms with E-state index in [9.17, 15) is 14.0 Å². The molecule has 3 aromatic carbocycles. The summed E-state index contributed by atoms with van der Waals surface area (Å²) in [5.74, 6) is 0.0551. The van der Waals surface area contributed by atoms with Crippen molar-refractivity contribution in [2.45, 2.75) is 18.9 Å². The molecule has 40 heavy (non-hydrogen) atoms. The minimum absolute atomic E-state index is 0.00431. The number of nitrogens with zero attached hydrogens (tertiary/aromatic N) is 2. The fourth-order valence-corrected chi connectivity index (χ4v) is 5.11. The molecule has 2 aliphatic rings. The Morgan fingerprint density at radius 2 is 1.68 bits per heavy atom. The van der Waals surface area contributed by atoms with E-state index < -0.39 is 11.8 Å². The summed E-state index contributed by atoms with van der Waals surface area (Å²) >= 11 is 0. The summed E-state index contributed by atoms with van der Waals surface area (Å²) in [7, 11) is 1.67. The molecule has 2 heterocycles. The molecule has 1 atom stereocenters. The summed E-state index contributed by atoms with van der Waals surface area (Å²) in [6.07, 6.45) is 1.90. The molecular formula is C30H34FN5O4. The average molecular weight is 548 g/mol.